The Morgan fingerprint density at radius 2 is 1.64 bits per heavy atom. The van der Waals surface area contributed by atoms with Gasteiger partial charge in [0, 0.05) is 6.42 Å². The maximum absolute atomic E-state index is 14.2. The summed E-state index contributed by atoms with van der Waals surface area (Å²) in [5.41, 5.74) is 11.2. The quantitative estimate of drug-likeness (QED) is 0.0316. The lowest BCUT2D eigenvalue weighted by molar-refractivity contribution is -0.147. The zero-order chi connectivity index (χ0) is 40.3. The number of benzene rings is 1. The van der Waals surface area contributed by atoms with E-state index in [1.807, 2.05) is 0 Å². The summed E-state index contributed by atoms with van der Waals surface area (Å²) < 4.78 is 56.3. The van der Waals surface area contributed by atoms with E-state index in [1.165, 1.54) is 10.9 Å². The molecule has 3 aromatic rings. The normalized spacial score (nSPS) is 19.6. The highest BCUT2D eigenvalue weighted by Gasteiger charge is 2.49. The minimum absolute atomic E-state index is 0.00514. The van der Waals surface area contributed by atoms with Crippen molar-refractivity contribution in [2.24, 2.45) is 5.73 Å². The molecule has 0 saturated carbocycles. The molecule has 5 N–H and O–H groups in total. The van der Waals surface area contributed by atoms with Gasteiger partial charge in [-0.05, 0) is 18.4 Å². The summed E-state index contributed by atoms with van der Waals surface area (Å²) in [4.78, 5) is 37.0. The Morgan fingerprint density at radius 1 is 1.00 bits per heavy atom. The molecule has 0 aliphatic carbocycles. The maximum atomic E-state index is 14.2. The van der Waals surface area contributed by atoms with Gasteiger partial charge in [0.15, 0.2) is 29.2 Å². The minimum Gasteiger partial charge on any atom is -0.464 e. The van der Waals surface area contributed by atoms with E-state index < -0.39 is 69.4 Å². The number of nitrogens with zero attached hydrogens (tertiary/aromatic N) is 4. The Hall–Kier alpha value is -3.97. The number of aliphatic hydroxyl groups is 1. The number of carbonyl (C=O) groups excluding carboxylic acids is 2. The monoisotopic (exact) mass is 802 g/mol. The predicted octanol–water partition coefficient (Wildman–Crippen LogP) is 5.91. The molecule has 15 nitrogen and oxygen atoms in total. The number of imidazole rings is 1. The molecule has 0 amide bonds. The molecule has 2 aromatic heterocycles. The first-order valence-corrected chi connectivity index (χ1v) is 20.8. The van der Waals surface area contributed by atoms with Crippen LogP contribution in [0.4, 0.5) is 10.2 Å². The van der Waals surface area contributed by atoms with E-state index in [2.05, 4.69) is 40.6 Å². The van der Waals surface area contributed by atoms with Gasteiger partial charge in [-0.25, -0.2) is 9.78 Å². The van der Waals surface area contributed by atoms with Crippen LogP contribution in [0.1, 0.15) is 115 Å². The molecule has 1 fully saturated rings. The average molecular weight is 803 g/mol. The zero-order valence-electron chi connectivity index (χ0n) is 32.3. The Kier molecular flexibility index (Phi) is 18.6. The van der Waals surface area contributed by atoms with Crippen molar-refractivity contribution in [2.75, 3.05) is 32.2 Å². The summed E-state index contributed by atoms with van der Waals surface area (Å²) in [5, 5.41) is 11.6. The lowest BCUT2D eigenvalue weighted by atomic mass is 9.90. The molecule has 1 aromatic carbocycles. The molecule has 1 aliphatic rings. The summed E-state index contributed by atoms with van der Waals surface area (Å²) in [6.07, 6.45) is 9.88. The van der Waals surface area contributed by atoms with Gasteiger partial charge in [-0.3, -0.25) is 18.5 Å². The number of aromatic nitrogens is 4. The third-order valence-electron chi connectivity index (χ3n) is 9.49. The van der Waals surface area contributed by atoms with Gasteiger partial charge in [-0.2, -0.15) is 14.4 Å². The number of nitrogens with two attached hydrogens (primary N) is 2. The van der Waals surface area contributed by atoms with Crippen LogP contribution in [0.5, 0.6) is 0 Å². The van der Waals surface area contributed by atoms with E-state index in [-0.39, 0.29) is 36.6 Å². The zero-order valence-corrected chi connectivity index (χ0v) is 33.3. The van der Waals surface area contributed by atoms with Crippen molar-refractivity contribution in [3.05, 3.63) is 48.3 Å². The lowest BCUT2D eigenvalue weighted by Crippen LogP contribution is -2.43. The van der Waals surface area contributed by atoms with Gasteiger partial charge >= 0.3 is 26.3 Å². The van der Waals surface area contributed by atoms with Gasteiger partial charge in [-0.1, -0.05) is 120 Å². The van der Waals surface area contributed by atoms with E-state index in [1.54, 1.807) is 30.3 Å². The molecule has 6 atom stereocenters. The Morgan fingerprint density at radius 3 is 2.32 bits per heavy atom. The average Bonchev–Trinajstić information content (AvgIpc) is 3.76. The van der Waals surface area contributed by atoms with Crippen LogP contribution >= 0.6 is 8.25 Å². The number of fused-ring (bicyclic) bond motifs is 1. The number of unbranched alkanes of at least 4 members (excludes halogenated alkanes) is 10. The molecule has 0 radical (unpaired) electrons. The van der Waals surface area contributed by atoms with Crippen molar-refractivity contribution < 1.29 is 46.9 Å². The lowest BCUT2D eigenvalue weighted by Gasteiger charge is -2.27. The number of hydrogen-bond acceptors (Lipinski definition) is 14. The molecule has 2 unspecified atom stereocenters. The molecule has 308 valence electrons. The fraction of sp³-hybridized carbons (Fsp3) is 0.615. The maximum Gasteiger partial charge on any atom is 0.332 e. The van der Waals surface area contributed by atoms with Crippen LogP contribution in [0.2, 0.25) is 0 Å². The SMILES string of the molecule is CCCCCCCCOC(=O)CO[PH](=O)OC[C@@]1(C#CC(c2ccccc2)[C@H](N)C(=O)OCCCCCCCC)O[C@@H](n2cnc3c(N)nc(F)nc32)C[C@@H]1O. The highest BCUT2D eigenvalue weighted by Crippen LogP contribution is 2.40. The fourth-order valence-electron chi connectivity index (χ4n) is 6.29. The first-order valence-electron chi connectivity index (χ1n) is 19.5. The standard InChI is InChI=1S/C39H56FN6O9P/c1-3-5-7-9-11-16-22-51-32(48)25-53-56(50)54-26-39(30(47)24-31(55-39)46-27-43-34-35(42)44-38(40)45-36(34)46)21-20-29(28-18-14-13-15-19-28)33(41)37(49)52-23-17-12-10-8-6-4-2/h13-15,18-19,27,29-31,33,47,56H,3-12,16-17,22-26,41H2,1-2H3,(H2,42,44,45)/t29?,30-,31+,33-,39+/m0/s1. The third kappa shape index (κ3) is 13.3. The van der Waals surface area contributed by atoms with Crippen LogP contribution < -0.4 is 11.5 Å². The Balaban J connectivity index is 1.51. The molecule has 3 heterocycles. The van der Waals surface area contributed by atoms with Crippen molar-refractivity contribution in [1.29, 1.82) is 0 Å². The van der Waals surface area contributed by atoms with Gasteiger partial charge < -0.3 is 35.3 Å². The van der Waals surface area contributed by atoms with Crippen molar-refractivity contribution in [3.8, 4) is 11.8 Å². The van der Waals surface area contributed by atoms with E-state index in [0.29, 0.717) is 18.4 Å². The Labute approximate surface area is 328 Å². The van der Waals surface area contributed by atoms with Gasteiger partial charge in [0.25, 0.3) is 0 Å². The van der Waals surface area contributed by atoms with E-state index in [9.17, 15) is 23.7 Å². The number of halogens is 1. The van der Waals surface area contributed by atoms with Crippen LogP contribution in [-0.4, -0.2) is 80.7 Å². The van der Waals surface area contributed by atoms with Gasteiger partial charge in [0.05, 0.1) is 32.1 Å². The number of esters is 2. The van der Waals surface area contributed by atoms with Crippen LogP contribution in [0.3, 0.4) is 0 Å². The second kappa shape index (κ2) is 23.3. The number of carbonyl (C=O) groups is 2. The molecule has 56 heavy (non-hydrogen) atoms. The third-order valence-corrected chi connectivity index (χ3v) is 10.2. The molecular weight excluding hydrogens is 746 g/mol. The molecule has 0 bridgehead atoms. The Bertz CT molecular complexity index is 1770. The second-order valence-electron chi connectivity index (χ2n) is 13.8. The van der Waals surface area contributed by atoms with E-state index >= 15 is 0 Å². The number of ether oxygens (including phenoxy) is 3. The predicted molar refractivity (Wildman–Crippen MR) is 208 cm³/mol. The van der Waals surface area contributed by atoms with Crippen molar-refractivity contribution in [2.45, 2.75) is 127 Å². The van der Waals surface area contributed by atoms with Crippen LogP contribution in [0, 0.1) is 17.9 Å². The summed E-state index contributed by atoms with van der Waals surface area (Å²) in [5.74, 6) is 3.49. The molecule has 1 aliphatic heterocycles. The first-order chi connectivity index (χ1) is 27.1. The number of nitrogen functional groups attached to an aromatic ring is 1. The molecule has 4 rings (SSSR count). The van der Waals surface area contributed by atoms with Crippen molar-refractivity contribution in [1.82, 2.24) is 19.5 Å². The summed E-state index contributed by atoms with van der Waals surface area (Å²) in [6.45, 7) is 3.50. The minimum atomic E-state index is -3.35. The molecule has 0 spiro atoms. The molecule has 1 saturated heterocycles. The number of hydrogen-bond donors (Lipinski definition) is 3. The summed E-state index contributed by atoms with van der Waals surface area (Å²) >= 11 is 0. The number of aliphatic hydroxyl groups excluding tert-OH is 1. The first kappa shape index (κ1) is 44.7. The summed E-state index contributed by atoms with van der Waals surface area (Å²) in [6, 6.07) is 7.64. The molecular formula is C39H56FN6O9P. The van der Waals surface area contributed by atoms with Gasteiger partial charge in [-0.15, -0.1) is 0 Å². The number of rotatable bonds is 24. The smallest absolute Gasteiger partial charge is 0.332 e. The fourth-order valence-corrected chi connectivity index (χ4v) is 6.94. The van der Waals surface area contributed by atoms with Crippen LogP contribution in [-0.2, 0) is 37.4 Å². The molecule has 17 heteroatoms. The largest absolute Gasteiger partial charge is 0.464 e. The van der Waals surface area contributed by atoms with Crippen LogP contribution in [0.25, 0.3) is 11.2 Å². The van der Waals surface area contributed by atoms with Crippen molar-refractivity contribution in [3.63, 3.8) is 0 Å². The highest BCUT2D eigenvalue weighted by atomic mass is 31.1. The van der Waals surface area contributed by atoms with Crippen LogP contribution in [0.15, 0.2) is 36.7 Å². The summed E-state index contributed by atoms with van der Waals surface area (Å²) in [7, 11) is -3.35. The van der Waals surface area contributed by atoms with Gasteiger partial charge in [0.2, 0.25) is 0 Å². The van der Waals surface area contributed by atoms with Gasteiger partial charge in [0.1, 0.15) is 18.4 Å². The van der Waals surface area contributed by atoms with Crippen molar-refractivity contribution >= 4 is 37.2 Å². The second-order valence-corrected chi connectivity index (χ2v) is 14.9. The topological polar surface area (TPSA) is 213 Å². The number of anilines is 1. The highest BCUT2D eigenvalue weighted by molar-refractivity contribution is 7.33. The van der Waals surface area contributed by atoms with E-state index in [4.69, 9.17) is 34.7 Å². The van der Waals surface area contributed by atoms with E-state index in [0.717, 1.165) is 64.2 Å².